The highest BCUT2D eigenvalue weighted by Crippen LogP contribution is 2.28. The molecule has 3 heterocycles. The van der Waals surface area contributed by atoms with Crippen molar-refractivity contribution in [3.8, 4) is 5.75 Å². The van der Waals surface area contributed by atoms with Gasteiger partial charge >= 0.3 is 0 Å². The topological polar surface area (TPSA) is 69.0 Å². The van der Waals surface area contributed by atoms with E-state index in [2.05, 4.69) is 15.4 Å². The number of pyridine rings is 1. The summed E-state index contributed by atoms with van der Waals surface area (Å²) in [4.78, 5) is 16.4. The molecule has 0 aliphatic carbocycles. The van der Waals surface area contributed by atoms with Gasteiger partial charge in [0.1, 0.15) is 5.75 Å². The van der Waals surface area contributed by atoms with Crippen molar-refractivity contribution < 1.29 is 9.53 Å². The Morgan fingerprint density at radius 3 is 2.88 bits per heavy atom. The maximum absolute atomic E-state index is 12.4. The number of carbonyl (C=O) groups is 1. The molecular formula is C19H18N4O2. The van der Waals surface area contributed by atoms with Crippen molar-refractivity contribution >= 4 is 11.7 Å². The number of hydrogen-bond acceptors (Lipinski definition) is 4. The zero-order valence-electron chi connectivity index (χ0n) is 13.6. The minimum absolute atomic E-state index is 0.171. The van der Waals surface area contributed by atoms with Crippen LogP contribution in [0.1, 0.15) is 11.1 Å². The van der Waals surface area contributed by atoms with Gasteiger partial charge < -0.3 is 10.1 Å². The van der Waals surface area contributed by atoms with Gasteiger partial charge in [-0.3, -0.25) is 14.5 Å². The van der Waals surface area contributed by atoms with Crippen molar-refractivity contribution in [2.75, 3.05) is 5.32 Å². The van der Waals surface area contributed by atoms with Crippen LogP contribution in [0.15, 0.2) is 61.1 Å². The van der Waals surface area contributed by atoms with E-state index in [0.717, 1.165) is 24.3 Å². The SMILES string of the molecule is O=C(Nc1ccn(CCc2ccncc2)n1)[C@H]1Cc2ccccc2O1. The van der Waals surface area contributed by atoms with Crippen LogP contribution in [0.5, 0.6) is 5.75 Å². The number of anilines is 1. The molecule has 0 radical (unpaired) electrons. The number of rotatable bonds is 5. The van der Waals surface area contributed by atoms with Crippen LogP contribution < -0.4 is 10.1 Å². The van der Waals surface area contributed by atoms with Crippen LogP contribution in [0.4, 0.5) is 5.82 Å². The first-order valence-electron chi connectivity index (χ1n) is 8.26. The van der Waals surface area contributed by atoms with Gasteiger partial charge in [0.25, 0.3) is 5.91 Å². The quantitative estimate of drug-likeness (QED) is 0.778. The second-order valence-electron chi connectivity index (χ2n) is 5.98. The Balaban J connectivity index is 1.33. The summed E-state index contributed by atoms with van der Waals surface area (Å²) in [5.41, 5.74) is 2.26. The molecule has 1 aromatic carbocycles. The maximum atomic E-state index is 12.4. The van der Waals surface area contributed by atoms with Crippen LogP contribution in [-0.2, 0) is 24.2 Å². The summed E-state index contributed by atoms with van der Waals surface area (Å²) in [5, 5.41) is 7.23. The molecule has 1 aliphatic rings. The average molecular weight is 334 g/mol. The Morgan fingerprint density at radius 1 is 1.20 bits per heavy atom. The van der Waals surface area contributed by atoms with E-state index in [-0.39, 0.29) is 5.91 Å². The number of hydrogen-bond donors (Lipinski definition) is 1. The van der Waals surface area contributed by atoms with Crippen molar-refractivity contribution in [2.24, 2.45) is 0 Å². The minimum atomic E-state index is -0.501. The first kappa shape index (κ1) is 15.4. The average Bonchev–Trinajstić information content (AvgIpc) is 3.27. The third kappa shape index (κ3) is 3.52. The smallest absolute Gasteiger partial charge is 0.266 e. The Kier molecular flexibility index (Phi) is 4.16. The normalized spacial score (nSPS) is 15.4. The van der Waals surface area contributed by atoms with E-state index in [1.165, 1.54) is 5.56 Å². The molecule has 0 saturated carbocycles. The number of para-hydroxylation sites is 1. The number of aromatic nitrogens is 3. The lowest BCUT2D eigenvalue weighted by Crippen LogP contribution is -2.31. The number of amides is 1. The third-order valence-electron chi connectivity index (χ3n) is 4.21. The van der Waals surface area contributed by atoms with Gasteiger partial charge in [-0.1, -0.05) is 18.2 Å². The minimum Gasteiger partial charge on any atom is -0.480 e. The van der Waals surface area contributed by atoms with Crippen LogP contribution in [0.2, 0.25) is 0 Å². The summed E-state index contributed by atoms with van der Waals surface area (Å²) in [6, 6.07) is 13.5. The van der Waals surface area contributed by atoms with Gasteiger partial charge in [0.05, 0.1) is 0 Å². The molecule has 2 aromatic heterocycles. The van der Waals surface area contributed by atoms with Crippen molar-refractivity contribution in [3.63, 3.8) is 0 Å². The van der Waals surface area contributed by atoms with E-state index in [1.54, 1.807) is 18.5 Å². The highest BCUT2D eigenvalue weighted by Gasteiger charge is 2.29. The molecule has 1 aliphatic heterocycles. The van der Waals surface area contributed by atoms with E-state index in [1.807, 2.05) is 47.3 Å². The van der Waals surface area contributed by atoms with Crippen molar-refractivity contribution in [1.82, 2.24) is 14.8 Å². The molecule has 6 heteroatoms. The van der Waals surface area contributed by atoms with E-state index in [4.69, 9.17) is 4.74 Å². The van der Waals surface area contributed by atoms with E-state index in [9.17, 15) is 4.79 Å². The monoisotopic (exact) mass is 334 g/mol. The largest absolute Gasteiger partial charge is 0.480 e. The number of nitrogens with zero attached hydrogens (tertiary/aromatic N) is 3. The van der Waals surface area contributed by atoms with Gasteiger partial charge in [0.15, 0.2) is 11.9 Å². The molecule has 3 aromatic rings. The molecule has 1 N–H and O–H groups in total. The molecule has 4 rings (SSSR count). The molecular weight excluding hydrogens is 316 g/mol. The highest BCUT2D eigenvalue weighted by atomic mass is 16.5. The maximum Gasteiger partial charge on any atom is 0.266 e. The van der Waals surface area contributed by atoms with E-state index >= 15 is 0 Å². The molecule has 0 saturated heterocycles. The van der Waals surface area contributed by atoms with Gasteiger partial charge in [0.2, 0.25) is 0 Å². The van der Waals surface area contributed by atoms with E-state index in [0.29, 0.717) is 12.2 Å². The van der Waals surface area contributed by atoms with Gasteiger partial charge in [-0.05, 0) is 35.7 Å². The summed E-state index contributed by atoms with van der Waals surface area (Å²) in [7, 11) is 0. The molecule has 25 heavy (non-hydrogen) atoms. The van der Waals surface area contributed by atoms with Crippen LogP contribution in [0, 0.1) is 0 Å². The van der Waals surface area contributed by atoms with Gasteiger partial charge in [-0.15, -0.1) is 0 Å². The standard InChI is InChI=1S/C19H18N4O2/c24-19(17-13-15-3-1-2-4-16(15)25-17)21-18-8-12-23(22-18)11-7-14-5-9-20-10-6-14/h1-6,8-10,12,17H,7,11,13H2,(H,21,22,24)/t17-/m1/s1. The van der Waals surface area contributed by atoms with E-state index < -0.39 is 6.10 Å². The van der Waals surface area contributed by atoms with Crippen LogP contribution >= 0.6 is 0 Å². The van der Waals surface area contributed by atoms with Crippen molar-refractivity contribution in [2.45, 2.75) is 25.5 Å². The predicted molar refractivity (Wildman–Crippen MR) is 93.4 cm³/mol. The Labute approximate surface area is 145 Å². The van der Waals surface area contributed by atoms with Crippen LogP contribution in [-0.4, -0.2) is 26.8 Å². The van der Waals surface area contributed by atoms with Crippen molar-refractivity contribution in [1.29, 1.82) is 0 Å². The molecule has 0 spiro atoms. The Hall–Kier alpha value is -3.15. The lowest BCUT2D eigenvalue weighted by atomic mass is 10.1. The number of benzene rings is 1. The number of nitrogens with one attached hydrogen (secondary N) is 1. The second kappa shape index (κ2) is 6.76. The molecule has 0 unspecified atom stereocenters. The van der Waals surface area contributed by atoms with Gasteiger partial charge in [-0.25, -0.2) is 0 Å². The summed E-state index contributed by atoms with van der Waals surface area (Å²) < 4.78 is 7.52. The molecule has 1 amide bonds. The molecule has 1 atom stereocenters. The molecule has 126 valence electrons. The molecule has 0 fully saturated rings. The lowest BCUT2D eigenvalue weighted by molar-refractivity contribution is -0.122. The first-order chi connectivity index (χ1) is 12.3. The summed E-state index contributed by atoms with van der Waals surface area (Å²) in [5.74, 6) is 1.15. The lowest BCUT2D eigenvalue weighted by Gasteiger charge is -2.09. The summed E-state index contributed by atoms with van der Waals surface area (Å²) >= 11 is 0. The second-order valence-corrected chi connectivity index (χ2v) is 5.98. The number of aryl methyl sites for hydroxylation is 2. The summed E-state index contributed by atoms with van der Waals surface area (Å²) in [6.07, 6.45) is 6.37. The van der Waals surface area contributed by atoms with Crippen LogP contribution in [0.25, 0.3) is 0 Å². The predicted octanol–water partition coefficient (Wildman–Crippen LogP) is 2.46. The zero-order valence-corrected chi connectivity index (χ0v) is 13.6. The fourth-order valence-electron chi connectivity index (χ4n) is 2.88. The fourth-order valence-corrected chi connectivity index (χ4v) is 2.88. The number of fused-ring (bicyclic) bond motifs is 1. The number of carbonyl (C=O) groups excluding carboxylic acids is 1. The van der Waals surface area contributed by atoms with Gasteiger partial charge in [-0.2, -0.15) is 5.10 Å². The summed E-state index contributed by atoms with van der Waals surface area (Å²) in [6.45, 7) is 0.741. The highest BCUT2D eigenvalue weighted by molar-refractivity contribution is 5.94. The van der Waals surface area contributed by atoms with Gasteiger partial charge in [0, 0.05) is 37.6 Å². The first-order valence-corrected chi connectivity index (χ1v) is 8.26. The number of ether oxygens (including phenoxy) is 1. The Morgan fingerprint density at radius 2 is 2.04 bits per heavy atom. The van der Waals surface area contributed by atoms with Crippen LogP contribution in [0.3, 0.4) is 0 Å². The zero-order chi connectivity index (χ0) is 17.1. The van der Waals surface area contributed by atoms with Crippen molar-refractivity contribution in [3.05, 3.63) is 72.2 Å². The third-order valence-corrected chi connectivity index (χ3v) is 4.21. The molecule has 6 nitrogen and oxygen atoms in total. The Bertz CT molecular complexity index is 851. The fraction of sp³-hybridized carbons (Fsp3) is 0.211. The molecule has 0 bridgehead atoms.